The van der Waals surface area contributed by atoms with Crippen LogP contribution in [0.3, 0.4) is 0 Å². The SMILES string of the molecule is CCCS(=O)(=O)c1nc2ccccc2n1C/C=C/c1ccccc1. The predicted octanol–water partition coefficient (Wildman–Crippen LogP) is 3.93. The summed E-state index contributed by atoms with van der Waals surface area (Å²) >= 11 is 0. The fourth-order valence-corrected chi connectivity index (χ4v) is 4.15. The van der Waals surface area contributed by atoms with Gasteiger partial charge in [0.05, 0.1) is 16.8 Å². The molecule has 0 spiro atoms. The summed E-state index contributed by atoms with van der Waals surface area (Å²) in [5, 5.41) is 0.156. The van der Waals surface area contributed by atoms with Gasteiger partial charge in [-0.1, -0.05) is 61.5 Å². The minimum Gasteiger partial charge on any atom is -0.311 e. The molecule has 0 radical (unpaired) electrons. The third-order valence-electron chi connectivity index (χ3n) is 3.77. The number of rotatable bonds is 6. The van der Waals surface area contributed by atoms with Gasteiger partial charge in [0.1, 0.15) is 0 Å². The van der Waals surface area contributed by atoms with Gasteiger partial charge in [0.15, 0.2) is 0 Å². The zero-order valence-corrected chi connectivity index (χ0v) is 14.4. The van der Waals surface area contributed by atoms with E-state index < -0.39 is 9.84 Å². The molecule has 0 unspecified atom stereocenters. The van der Waals surface area contributed by atoms with E-state index in [2.05, 4.69) is 4.98 Å². The van der Waals surface area contributed by atoms with Crippen LogP contribution in [0, 0.1) is 0 Å². The first-order chi connectivity index (χ1) is 11.6. The maximum atomic E-state index is 12.5. The largest absolute Gasteiger partial charge is 0.311 e. The highest BCUT2D eigenvalue weighted by Crippen LogP contribution is 2.21. The molecule has 1 aromatic heterocycles. The summed E-state index contributed by atoms with van der Waals surface area (Å²) in [4.78, 5) is 4.37. The zero-order chi connectivity index (χ0) is 17.0. The fourth-order valence-electron chi connectivity index (χ4n) is 2.69. The molecule has 5 heteroatoms. The molecule has 3 rings (SSSR count). The average molecular weight is 340 g/mol. The number of fused-ring (bicyclic) bond motifs is 1. The fraction of sp³-hybridized carbons (Fsp3) is 0.211. The topological polar surface area (TPSA) is 52.0 Å². The molecule has 4 nitrogen and oxygen atoms in total. The Morgan fingerprint density at radius 3 is 2.50 bits per heavy atom. The van der Waals surface area contributed by atoms with E-state index in [1.54, 1.807) is 4.57 Å². The molecule has 1 heterocycles. The third-order valence-corrected chi connectivity index (χ3v) is 5.58. The maximum Gasteiger partial charge on any atom is 0.229 e. The van der Waals surface area contributed by atoms with Crippen LogP contribution in [0.5, 0.6) is 0 Å². The van der Waals surface area contributed by atoms with Crippen molar-refractivity contribution >= 4 is 26.9 Å². The highest BCUT2D eigenvalue weighted by molar-refractivity contribution is 7.91. The van der Waals surface area contributed by atoms with Gasteiger partial charge in [-0.15, -0.1) is 0 Å². The van der Waals surface area contributed by atoms with Crippen LogP contribution in [0.2, 0.25) is 0 Å². The van der Waals surface area contributed by atoms with Crippen molar-refractivity contribution in [2.75, 3.05) is 5.75 Å². The van der Waals surface area contributed by atoms with Crippen LogP contribution >= 0.6 is 0 Å². The van der Waals surface area contributed by atoms with Crippen molar-refractivity contribution in [2.24, 2.45) is 0 Å². The number of nitrogens with zero attached hydrogens (tertiary/aromatic N) is 2. The lowest BCUT2D eigenvalue weighted by Gasteiger charge is -2.07. The smallest absolute Gasteiger partial charge is 0.229 e. The van der Waals surface area contributed by atoms with E-state index in [1.807, 2.05) is 73.7 Å². The van der Waals surface area contributed by atoms with Gasteiger partial charge >= 0.3 is 0 Å². The molecule has 0 amide bonds. The summed E-state index contributed by atoms with van der Waals surface area (Å²) in [6.45, 7) is 2.33. The minimum atomic E-state index is -3.38. The van der Waals surface area contributed by atoms with Gasteiger partial charge in [-0.25, -0.2) is 13.4 Å². The van der Waals surface area contributed by atoms with Crippen LogP contribution in [-0.2, 0) is 16.4 Å². The van der Waals surface area contributed by atoms with E-state index in [4.69, 9.17) is 0 Å². The first-order valence-corrected chi connectivity index (χ1v) is 9.66. The molecular formula is C19H20N2O2S. The molecule has 0 aliphatic heterocycles. The average Bonchev–Trinajstić information content (AvgIpc) is 2.96. The summed E-state index contributed by atoms with van der Waals surface area (Å²) in [5.74, 6) is 0.110. The van der Waals surface area contributed by atoms with E-state index in [1.165, 1.54) is 0 Å². The second kappa shape index (κ2) is 7.01. The van der Waals surface area contributed by atoms with Crippen LogP contribution in [0.15, 0.2) is 65.8 Å². The Morgan fingerprint density at radius 1 is 1.04 bits per heavy atom. The van der Waals surface area contributed by atoms with Crippen molar-refractivity contribution in [2.45, 2.75) is 25.0 Å². The quantitative estimate of drug-likeness (QED) is 0.683. The predicted molar refractivity (Wildman–Crippen MR) is 97.6 cm³/mol. The van der Waals surface area contributed by atoms with Crippen molar-refractivity contribution in [3.8, 4) is 0 Å². The minimum absolute atomic E-state index is 0.110. The highest BCUT2D eigenvalue weighted by Gasteiger charge is 2.22. The van der Waals surface area contributed by atoms with Crippen molar-refractivity contribution in [3.63, 3.8) is 0 Å². The number of benzene rings is 2. The molecule has 3 aromatic rings. The van der Waals surface area contributed by atoms with Gasteiger partial charge in [-0.3, -0.25) is 0 Å². The van der Waals surface area contributed by atoms with Crippen LogP contribution in [-0.4, -0.2) is 23.7 Å². The molecule has 124 valence electrons. The van der Waals surface area contributed by atoms with Crippen LogP contribution < -0.4 is 0 Å². The van der Waals surface area contributed by atoms with E-state index in [0.717, 1.165) is 11.1 Å². The Labute approximate surface area is 142 Å². The van der Waals surface area contributed by atoms with Gasteiger partial charge in [0.2, 0.25) is 15.0 Å². The number of aromatic nitrogens is 2. The summed E-state index contributed by atoms with van der Waals surface area (Å²) in [6, 6.07) is 17.5. The van der Waals surface area contributed by atoms with Crippen molar-refractivity contribution in [1.29, 1.82) is 0 Å². The molecule has 0 atom stereocenters. The molecule has 0 aliphatic rings. The van der Waals surface area contributed by atoms with Crippen LogP contribution in [0.25, 0.3) is 17.1 Å². The first kappa shape index (κ1) is 16.5. The van der Waals surface area contributed by atoms with Gasteiger partial charge in [0, 0.05) is 6.54 Å². The van der Waals surface area contributed by atoms with Crippen molar-refractivity contribution in [1.82, 2.24) is 9.55 Å². The number of hydrogen-bond donors (Lipinski definition) is 0. The molecule has 24 heavy (non-hydrogen) atoms. The lowest BCUT2D eigenvalue weighted by molar-refractivity contribution is 0.575. The standard InChI is InChI=1S/C19H20N2O2S/c1-2-15-24(22,23)19-20-17-12-6-7-13-18(17)21(19)14-8-11-16-9-4-3-5-10-16/h3-13H,2,14-15H2,1H3/b11-8+. The van der Waals surface area contributed by atoms with E-state index in [-0.39, 0.29) is 10.9 Å². The highest BCUT2D eigenvalue weighted by atomic mass is 32.2. The second-order valence-electron chi connectivity index (χ2n) is 5.63. The van der Waals surface area contributed by atoms with Crippen LogP contribution in [0.1, 0.15) is 18.9 Å². The third kappa shape index (κ3) is 3.41. The monoisotopic (exact) mass is 340 g/mol. The van der Waals surface area contributed by atoms with E-state index in [9.17, 15) is 8.42 Å². The van der Waals surface area contributed by atoms with Gasteiger partial charge in [-0.05, 0) is 24.1 Å². The Hall–Kier alpha value is -2.40. The number of hydrogen-bond acceptors (Lipinski definition) is 3. The Bertz CT molecular complexity index is 957. The first-order valence-electron chi connectivity index (χ1n) is 8.01. The maximum absolute atomic E-state index is 12.5. The Kier molecular flexibility index (Phi) is 4.81. The van der Waals surface area contributed by atoms with Gasteiger partial charge in [-0.2, -0.15) is 0 Å². The lowest BCUT2D eigenvalue weighted by Crippen LogP contribution is -2.13. The van der Waals surface area contributed by atoms with Crippen LogP contribution in [0.4, 0.5) is 0 Å². The summed E-state index contributed by atoms with van der Waals surface area (Å²) in [7, 11) is -3.38. The molecular weight excluding hydrogens is 320 g/mol. The normalized spacial score (nSPS) is 12.2. The van der Waals surface area contributed by atoms with Gasteiger partial charge < -0.3 is 4.57 Å². The zero-order valence-electron chi connectivity index (χ0n) is 13.6. The molecule has 0 fully saturated rings. The molecule has 0 bridgehead atoms. The number of para-hydroxylation sites is 2. The Morgan fingerprint density at radius 2 is 1.75 bits per heavy atom. The van der Waals surface area contributed by atoms with Crippen molar-refractivity contribution in [3.05, 3.63) is 66.2 Å². The summed E-state index contributed by atoms with van der Waals surface area (Å²) in [5.41, 5.74) is 2.63. The Balaban J connectivity index is 2.00. The van der Waals surface area contributed by atoms with E-state index >= 15 is 0 Å². The number of imidazole rings is 1. The summed E-state index contributed by atoms with van der Waals surface area (Å²) < 4.78 is 26.9. The van der Waals surface area contributed by atoms with Crippen molar-refractivity contribution < 1.29 is 8.42 Å². The van der Waals surface area contributed by atoms with Gasteiger partial charge in [0.25, 0.3) is 0 Å². The lowest BCUT2D eigenvalue weighted by atomic mass is 10.2. The number of sulfone groups is 1. The second-order valence-corrected chi connectivity index (χ2v) is 7.63. The molecule has 0 saturated heterocycles. The molecule has 0 saturated carbocycles. The molecule has 0 aliphatic carbocycles. The summed E-state index contributed by atoms with van der Waals surface area (Å²) in [6.07, 6.45) is 4.53. The molecule has 2 aromatic carbocycles. The molecule has 0 N–H and O–H groups in total. The number of allylic oxidation sites excluding steroid dienone is 1. The van der Waals surface area contributed by atoms with E-state index in [0.29, 0.717) is 18.5 Å².